The molecule has 0 spiro atoms. The molecule has 0 aliphatic carbocycles. The molecule has 13 heavy (non-hydrogen) atoms. The van der Waals surface area contributed by atoms with Gasteiger partial charge in [-0.3, -0.25) is 4.79 Å². The number of carbonyl (C=O) groups is 1. The molecule has 0 saturated heterocycles. The molecule has 1 aromatic rings. The first kappa shape index (κ1) is 9.72. The number of aryl methyl sites for hydroxylation is 2. The molecule has 0 fully saturated rings. The maximum atomic E-state index is 10.8. The number of allylic oxidation sites excluding steroid dienone is 1. The Morgan fingerprint density at radius 1 is 1.31 bits per heavy atom. The van der Waals surface area contributed by atoms with Crippen molar-refractivity contribution in [2.45, 2.75) is 20.3 Å². The van der Waals surface area contributed by atoms with Gasteiger partial charge >= 0.3 is 0 Å². The van der Waals surface area contributed by atoms with Crippen molar-refractivity contribution in [1.29, 1.82) is 0 Å². The Labute approximate surface area is 79.1 Å². The van der Waals surface area contributed by atoms with Gasteiger partial charge in [0, 0.05) is 5.56 Å². The molecule has 0 aliphatic rings. The van der Waals surface area contributed by atoms with Gasteiger partial charge < -0.3 is 0 Å². The van der Waals surface area contributed by atoms with Gasteiger partial charge in [-0.25, -0.2) is 0 Å². The van der Waals surface area contributed by atoms with Crippen LogP contribution < -0.4 is 0 Å². The second-order valence-corrected chi connectivity index (χ2v) is 3.20. The summed E-state index contributed by atoms with van der Waals surface area (Å²) in [5, 5.41) is 0. The topological polar surface area (TPSA) is 17.1 Å². The molecular formula is C12H14O. The molecule has 0 amide bonds. The van der Waals surface area contributed by atoms with Gasteiger partial charge in [0.25, 0.3) is 0 Å². The van der Waals surface area contributed by atoms with Crippen molar-refractivity contribution < 1.29 is 4.79 Å². The van der Waals surface area contributed by atoms with Crippen LogP contribution in [-0.2, 0) is 6.42 Å². The fraction of sp³-hybridized carbons (Fsp3) is 0.250. The maximum absolute atomic E-state index is 10.8. The Kier molecular flexibility index (Phi) is 3.02. The summed E-state index contributed by atoms with van der Waals surface area (Å²) in [7, 11) is 0. The smallest absolute Gasteiger partial charge is 0.150 e. The summed E-state index contributed by atoms with van der Waals surface area (Å²) in [4.78, 5) is 10.8. The Bertz CT molecular complexity index is 337. The maximum Gasteiger partial charge on any atom is 0.150 e. The number of hydrogen-bond donors (Lipinski definition) is 0. The van der Waals surface area contributed by atoms with Gasteiger partial charge in [0.2, 0.25) is 0 Å². The molecule has 0 heterocycles. The normalized spacial score (nSPS) is 9.69. The summed E-state index contributed by atoms with van der Waals surface area (Å²) >= 11 is 0. The number of carbonyl (C=O) groups excluding carboxylic acids is 1. The first-order valence-electron chi connectivity index (χ1n) is 4.36. The second kappa shape index (κ2) is 4.04. The summed E-state index contributed by atoms with van der Waals surface area (Å²) in [5.41, 5.74) is 4.12. The third-order valence-corrected chi connectivity index (χ3v) is 2.28. The van der Waals surface area contributed by atoms with E-state index < -0.39 is 0 Å². The first-order chi connectivity index (χ1) is 6.20. The summed E-state index contributed by atoms with van der Waals surface area (Å²) < 4.78 is 0. The SMILES string of the molecule is C=CCc1c(C)ccc(C)c1C=O. The molecular weight excluding hydrogens is 160 g/mol. The van der Waals surface area contributed by atoms with Gasteiger partial charge in [0.05, 0.1) is 0 Å². The third-order valence-electron chi connectivity index (χ3n) is 2.28. The average molecular weight is 174 g/mol. The molecule has 0 saturated carbocycles. The van der Waals surface area contributed by atoms with Crippen LogP contribution in [0, 0.1) is 13.8 Å². The molecule has 0 radical (unpaired) electrons. The predicted octanol–water partition coefficient (Wildman–Crippen LogP) is 2.84. The van der Waals surface area contributed by atoms with Crippen LogP contribution in [0.25, 0.3) is 0 Å². The molecule has 0 bridgehead atoms. The Balaban J connectivity index is 3.33. The van der Waals surface area contributed by atoms with Crippen LogP contribution >= 0.6 is 0 Å². The van der Waals surface area contributed by atoms with Crippen molar-refractivity contribution in [3.63, 3.8) is 0 Å². The van der Waals surface area contributed by atoms with Gasteiger partial charge in [-0.1, -0.05) is 18.2 Å². The summed E-state index contributed by atoms with van der Waals surface area (Å²) in [6.45, 7) is 7.66. The van der Waals surface area contributed by atoms with Gasteiger partial charge in [0.15, 0.2) is 6.29 Å². The lowest BCUT2D eigenvalue weighted by Crippen LogP contribution is -1.97. The summed E-state index contributed by atoms with van der Waals surface area (Å²) in [5.74, 6) is 0. The average Bonchev–Trinajstić information content (AvgIpc) is 2.12. The molecule has 0 unspecified atom stereocenters. The molecule has 0 atom stereocenters. The van der Waals surface area contributed by atoms with Crippen LogP contribution in [0.15, 0.2) is 24.8 Å². The molecule has 1 nitrogen and oxygen atoms in total. The largest absolute Gasteiger partial charge is 0.298 e. The van der Waals surface area contributed by atoms with E-state index in [2.05, 4.69) is 6.58 Å². The highest BCUT2D eigenvalue weighted by molar-refractivity contribution is 5.80. The minimum atomic E-state index is 0.765. The highest BCUT2D eigenvalue weighted by Gasteiger charge is 2.05. The van der Waals surface area contributed by atoms with Crippen molar-refractivity contribution in [2.75, 3.05) is 0 Å². The fourth-order valence-corrected chi connectivity index (χ4v) is 1.47. The van der Waals surface area contributed by atoms with Crippen molar-refractivity contribution in [3.05, 3.63) is 47.0 Å². The molecule has 1 heteroatoms. The summed E-state index contributed by atoms with van der Waals surface area (Å²) in [6, 6.07) is 4.02. The zero-order valence-corrected chi connectivity index (χ0v) is 8.13. The van der Waals surface area contributed by atoms with Crippen LogP contribution in [-0.4, -0.2) is 6.29 Å². The fourth-order valence-electron chi connectivity index (χ4n) is 1.47. The van der Waals surface area contributed by atoms with E-state index >= 15 is 0 Å². The molecule has 1 rings (SSSR count). The van der Waals surface area contributed by atoms with Crippen LogP contribution in [0.4, 0.5) is 0 Å². The van der Waals surface area contributed by atoms with Crippen molar-refractivity contribution in [2.24, 2.45) is 0 Å². The Morgan fingerprint density at radius 3 is 2.46 bits per heavy atom. The Hall–Kier alpha value is -1.37. The molecule has 0 N–H and O–H groups in total. The summed E-state index contributed by atoms with van der Waals surface area (Å²) in [6.07, 6.45) is 3.53. The lowest BCUT2D eigenvalue weighted by atomic mass is 9.96. The van der Waals surface area contributed by atoms with Gasteiger partial charge in [-0.15, -0.1) is 6.58 Å². The van der Waals surface area contributed by atoms with E-state index in [1.54, 1.807) is 0 Å². The van der Waals surface area contributed by atoms with Crippen molar-refractivity contribution >= 4 is 6.29 Å². The van der Waals surface area contributed by atoms with E-state index in [-0.39, 0.29) is 0 Å². The van der Waals surface area contributed by atoms with Gasteiger partial charge in [0.1, 0.15) is 0 Å². The standard InChI is InChI=1S/C12H14O/c1-4-5-11-9(2)6-7-10(3)12(11)8-13/h4,6-8H,1,5H2,2-3H3. The highest BCUT2D eigenvalue weighted by Crippen LogP contribution is 2.17. The molecule has 0 aromatic heterocycles. The number of aldehydes is 1. The molecule has 1 aromatic carbocycles. The lowest BCUT2D eigenvalue weighted by molar-refractivity contribution is 0.112. The van der Waals surface area contributed by atoms with Crippen LogP contribution in [0.3, 0.4) is 0 Å². The van der Waals surface area contributed by atoms with Gasteiger partial charge in [-0.05, 0) is 37.0 Å². The lowest BCUT2D eigenvalue weighted by Gasteiger charge is -2.08. The predicted molar refractivity (Wildman–Crippen MR) is 55.2 cm³/mol. The number of hydrogen-bond acceptors (Lipinski definition) is 1. The van der Waals surface area contributed by atoms with E-state index in [0.717, 1.165) is 35.0 Å². The van der Waals surface area contributed by atoms with Crippen molar-refractivity contribution in [1.82, 2.24) is 0 Å². The van der Waals surface area contributed by atoms with Crippen LogP contribution in [0.5, 0.6) is 0 Å². The van der Waals surface area contributed by atoms with Crippen LogP contribution in [0.1, 0.15) is 27.0 Å². The number of benzene rings is 1. The van der Waals surface area contributed by atoms with Crippen molar-refractivity contribution in [3.8, 4) is 0 Å². The zero-order valence-electron chi connectivity index (χ0n) is 8.13. The second-order valence-electron chi connectivity index (χ2n) is 3.20. The monoisotopic (exact) mass is 174 g/mol. The highest BCUT2D eigenvalue weighted by atomic mass is 16.1. The van der Waals surface area contributed by atoms with E-state index in [9.17, 15) is 4.79 Å². The third kappa shape index (κ3) is 1.86. The Morgan fingerprint density at radius 2 is 1.92 bits per heavy atom. The van der Waals surface area contributed by atoms with Gasteiger partial charge in [-0.2, -0.15) is 0 Å². The van der Waals surface area contributed by atoms with E-state index in [1.807, 2.05) is 32.1 Å². The number of rotatable bonds is 3. The minimum absolute atomic E-state index is 0.765. The quantitative estimate of drug-likeness (QED) is 0.508. The minimum Gasteiger partial charge on any atom is -0.298 e. The van der Waals surface area contributed by atoms with E-state index in [1.165, 1.54) is 0 Å². The van der Waals surface area contributed by atoms with E-state index in [0.29, 0.717) is 0 Å². The first-order valence-corrected chi connectivity index (χ1v) is 4.36. The van der Waals surface area contributed by atoms with Crippen LogP contribution in [0.2, 0.25) is 0 Å². The van der Waals surface area contributed by atoms with E-state index in [4.69, 9.17) is 0 Å². The molecule has 68 valence electrons. The molecule has 0 aliphatic heterocycles. The zero-order chi connectivity index (χ0) is 9.84.